The third kappa shape index (κ3) is 4.67. The number of ether oxygens (including phenoxy) is 1. The molecule has 1 aromatic heterocycles. The van der Waals surface area contributed by atoms with Crippen LogP contribution in [0.2, 0.25) is 0 Å². The summed E-state index contributed by atoms with van der Waals surface area (Å²) in [6.45, 7) is 5.20. The molecule has 0 amide bonds. The Bertz CT molecular complexity index is 452. The molecule has 2 N–H and O–H groups in total. The monoisotopic (exact) mass is 260 g/mol. The lowest BCUT2D eigenvalue weighted by Crippen LogP contribution is -2.21. The Balaban J connectivity index is 1.62. The molecule has 102 valence electrons. The molecule has 1 aromatic carbocycles. The van der Waals surface area contributed by atoms with Crippen LogP contribution in [0.1, 0.15) is 12.7 Å². The third-order valence-electron chi connectivity index (χ3n) is 2.68. The van der Waals surface area contributed by atoms with Crippen LogP contribution in [0.15, 0.2) is 47.1 Å². The number of hydrogen-bond donors (Lipinski definition) is 2. The second-order valence-corrected chi connectivity index (χ2v) is 4.14. The van der Waals surface area contributed by atoms with E-state index >= 15 is 0 Å². The molecule has 0 fully saturated rings. The maximum absolute atomic E-state index is 5.39. The molecular weight excluding hydrogens is 240 g/mol. The SMILES string of the molecule is CCOc1ccc(NCCNCc2ccco2)cc1. The Morgan fingerprint density at radius 3 is 2.63 bits per heavy atom. The van der Waals surface area contributed by atoms with Crippen LogP contribution in [0.5, 0.6) is 5.75 Å². The predicted molar refractivity (Wildman–Crippen MR) is 76.5 cm³/mol. The van der Waals surface area contributed by atoms with Gasteiger partial charge in [-0.25, -0.2) is 0 Å². The van der Waals surface area contributed by atoms with E-state index < -0.39 is 0 Å². The third-order valence-corrected chi connectivity index (χ3v) is 2.68. The Morgan fingerprint density at radius 1 is 1.11 bits per heavy atom. The normalized spacial score (nSPS) is 10.4. The van der Waals surface area contributed by atoms with Crippen LogP contribution in [0.25, 0.3) is 0 Å². The molecule has 0 radical (unpaired) electrons. The van der Waals surface area contributed by atoms with Crippen molar-refractivity contribution in [3.63, 3.8) is 0 Å². The summed E-state index contributed by atoms with van der Waals surface area (Å²) in [5.41, 5.74) is 1.10. The van der Waals surface area contributed by atoms with Gasteiger partial charge in [-0.2, -0.15) is 0 Å². The molecule has 19 heavy (non-hydrogen) atoms. The first-order valence-electron chi connectivity index (χ1n) is 6.58. The Labute approximate surface area is 113 Å². The molecule has 2 rings (SSSR count). The number of anilines is 1. The van der Waals surface area contributed by atoms with Crippen molar-refractivity contribution in [1.29, 1.82) is 0 Å². The van der Waals surface area contributed by atoms with Gasteiger partial charge >= 0.3 is 0 Å². The average molecular weight is 260 g/mol. The highest BCUT2D eigenvalue weighted by Crippen LogP contribution is 2.15. The molecule has 0 unspecified atom stereocenters. The van der Waals surface area contributed by atoms with E-state index in [0.717, 1.165) is 36.8 Å². The minimum atomic E-state index is 0.698. The largest absolute Gasteiger partial charge is 0.494 e. The van der Waals surface area contributed by atoms with Crippen molar-refractivity contribution >= 4 is 5.69 Å². The van der Waals surface area contributed by atoms with E-state index in [-0.39, 0.29) is 0 Å². The summed E-state index contributed by atoms with van der Waals surface area (Å²) in [6, 6.07) is 11.9. The smallest absolute Gasteiger partial charge is 0.119 e. The van der Waals surface area contributed by atoms with Gasteiger partial charge in [-0.1, -0.05) is 0 Å². The molecule has 0 atom stereocenters. The number of nitrogens with one attached hydrogen (secondary N) is 2. The highest BCUT2D eigenvalue weighted by atomic mass is 16.5. The number of rotatable bonds is 8. The fraction of sp³-hybridized carbons (Fsp3) is 0.333. The molecule has 0 aliphatic rings. The zero-order chi connectivity index (χ0) is 13.3. The summed E-state index contributed by atoms with van der Waals surface area (Å²) < 4.78 is 10.6. The Kier molecular flexibility index (Phi) is 5.31. The minimum Gasteiger partial charge on any atom is -0.494 e. The molecule has 0 aliphatic heterocycles. The maximum Gasteiger partial charge on any atom is 0.119 e. The van der Waals surface area contributed by atoms with E-state index in [2.05, 4.69) is 10.6 Å². The molecule has 2 aromatic rings. The van der Waals surface area contributed by atoms with Crippen molar-refractivity contribution in [3.05, 3.63) is 48.4 Å². The first kappa shape index (κ1) is 13.5. The molecule has 4 nitrogen and oxygen atoms in total. The van der Waals surface area contributed by atoms with Crippen LogP contribution in [0.4, 0.5) is 5.69 Å². The van der Waals surface area contributed by atoms with Gasteiger partial charge in [-0.05, 0) is 43.3 Å². The Hall–Kier alpha value is -1.94. The fourth-order valence-electron chi connectivity index (χ4n) is 1.76. The van der Waals surface area contributed by atoms with Gasteiger partial charge in [0.2, 0.25) is 0 Å². The number of hydrogen-bond acceptors (Lipinski definition) is 4. The number of furan rings is 1. The van der Waals surface area contributed by atoms with Gasteiger partial charge in [0.15, 0.2) is 0 Å². The van der Waals surface area contributed by atoms with Crippen molar-refractivity contribution in [2.24, 2.45) is 0 Å². The summed E-state index contributed by atoms with van der Waals surface area (Å²) in [7, 11) is 0. The van der Waals surface area contributed by atoms with Crippen molar-refractivity contribution in [3.8, 4) is 5.75 Å². The van der Waals surface area contributed by atoms with Crippen LogP contribution in [-0.2, 0) is 6.54 Å². The zero-order valence-corrected chi connectivity index (χ0v) is 11.2. The summed E-state index contributed by atoms with van der Waals surface area (Å²) in [4.78, 5) is 0. The molecule has 1 heterocycles. The van der Waals surface area contributed by atoms with Gasteiger partial charge in [0, 0.05) is 18.8 Å². The first-order valence-corrected chi connectivity index (χ1v) is 6.58. The van der Waals surface area contributed by atoms with E-state index in [1.54, 1.807) is 6.26 Å². The van der Waals surface area contributed by atoms with Gasteiger partial charge in [-0.15, -0.1) is 0 Å². The second-order valence-electron chi connectivity index (χ2n) is 4.14. The van der Waals surface area contributed by atoms with Crippen LogP contribution in [0, 0.1) is 0 Å². The van der Waals surface area contributed by atoms with Gasteiger partial charge in [0.1, 0.15) is 11.5 Å². The van der Waals surface area contributed by atoms with E-state index in [1.807, 2.05) is 43.3 Å². The van der Waals surface area contributed by atoms with Crippen LogP contribution in [-0.4, -0.2) is 19.7 Å². The predicted octanol–water partition coefficient (Wildman–Crippen LogP) is 2.88. The van der Waals surface area contributed by atoms with Crippen molar-refractivity contribution in [2.75, 3.05) is 25.0 Å². The first-order chi connectivity index (χ1) is 9.38. The van der Waals surface area contributed by atoms with Crippen LogP contribution < -0.4 is 15.4 Å². The quantitative estimate of drug-likeness (QED) is 0.716. The van der Waals surface area contributed by atoms with Gasteiger partial charge < -0.3 is 19.8 Å². The van der Waals surface area contributed by atoms with Gasteiger partial charge in [0.05, 0.1) is 19.4 Å². The molecular formula is C15H20N2O2. The van der Waals surface area contributed by atoms with E-state index in [9.17, 15) is 0 Å². The van der Waals surface area contributed by atoms with Crippen LogP contribution in [0.3, 0.4) is 0 Å². The van der Waals surface area contributed by atoms with Gasteiger partial charge in [0.25, 0.3) is 0 Å². The fourth-order valence-corrected chi connectivity index (χ4v) is 1.76. The molecule has 0 spiro atoms. The van der Waals surface area contributed by atoms with E-state index in [4.69, 9.17) is 9.15 Å². The number of benzene rings is 1. The molecule has 4 heteroatoms. The second kappa shape index (κ2) is 7.48. The highest BCUT2D eigenvalue weighted by Gasteiger charge is 1.96. The topological polar surface area (TPSA) is 46.4 Å². The lowest BCUT2D eigenvalue weighted by atomic mass is 10.3. The van der Waals surface area contributed by atoms with Crippen molar-refractivity contribution < 1.29 is 9.15 Å². The average Bonchev–Trinajstić information content (AvgIpc) is 2.94. The van der Waals surface area contributed by atoms with E-state index in [0.29, 0.717) is 6.61 Å². The molecule has 0 saturated carbocycles. The lowest BCUT2D eigenvalue weighted by molar-refractivity contribution is 0.340. The molecule has 0 bridgehead atoms. The minimum absolute atomic E-state index is 0.698. The standard InChI is InChI=1S/C15H20N2O2/c1-2-18-14-7-5-13(6-8-14)17-10-9-16-12-15-4-3-11-19-15/h3-8,11,16-17H,2,9-10,12H2,1H3. The summed E-state index contributed by atoms with van der Waals surface area (Å²) >= 11 is 0. The lowest BCUT2D eigenvalue weighted by Gasteiger charge is -2.08. The zero-order valence-electron chi connectivity index (χ0n) is 11.2. The molecule has 0 aliphatic carbocycles. The van der Waals surface area contributed by atoms with E-state index in [1.165, 1.54) is 0 Å². The highest BCUT2D eigenvalue weighted by molar-refractivity contribution is 5.46. The summed E-state index contributed by atoms with van der Waals surface area (Å²) in [6.07, 6.45) is 1.69. The summed E-state index contributed by atoms with van der Waals surface area (Å²) in [5, 5.41) is 6.65. The van der Waals surface area contributed by atoms with Crippen molar-refractivity contribution in [2.45, 2.75) is 13.5 Å². The summed E-state index contributed by atoms with van der Waals surface area (Å²) in [5.74, 6) is 1.87. The molecule has 0 saturated heterocycles. The van der Waals surface area contributed by atoms with Crippen LogP contribution >= 0.6 is 0 Å². The van der Waals surface area contributed by atoms with Gasteiger partial charge in [-0.3, -0.25) is 0 Å². The van der Waals surface area contributed by atoms with Crippen molar-refractivity contribution in [1.82, 2.24) is 5.32 Å². The maximum atomic E-state index is 5.39. The Morgan fingerprint density at radius 2 is 1.95 bits per heavy atom.